The topological polar surface area (TPSA) is 146 Å². The van der Waals surface area contributed by atoms with Gasteiger partial charge in [-0.3, -0.25) is 4.79 Å². The zero-order chi connectivity index (χ0) is 19.9. The van der Waals surface area contributed by atoms with Gasteiger partial charge in [-0.15, -0.1) is 0 Å². The third kappa shape index (κ3) is 3.66. The van der Waals surface area contributed by atoms with E-state index in [-0.39, 0.29) is 17.5 Å². The fourth-order valence-electron chi connectivity index (χ4n) is 3.28. The van der Waals surface area contributed by atoms with Gasteiger partial charge in [0.15, 0.2) is 6.23 Å². The maximum absolute atomic E-state index is 12.1. The lowest BCUT2D eigenvalue weighted by Crippen LogP contribution is -2.46. The molecule has 0 bridgehead atoms. The van der Waals surface area contributed by atoms with Crippen LogP contribution in [0.15, 0.2) is 30.2 Å². The van der Waals surface area contributed by atoms with Gasteiger partial charge in [-0.2, -0.15) is 0 Å². The monoisotopic (exact) mass is 418 g/mol. The number of nitrogens with two attached hydrogens (primary N) is 2. The molecule has 0 aliphatic carbocycles. The van der Waals surface area contributed by atoms with Crippen molar-refractivity contribution in [3.8, 4) is 0 Å². The van der Waals surface area contributed by atoms with Crippen LogP contribution in [0.3, 0.4) is 0 Å². The Hall–Kier alpha value is -1.75. The summed E-state index contributed by atoms with van der Waals surface area (Å²) < 4.78 is 5.49. The van der Waals surface area contributed by atoms with Crippen LogP contribution in [-0.4, -0.2) is 68.8 Å². The van der Waals surface area contributed by atoms with E-state index in [1.165, 1.54) is 17.2 Å². The van der Waals surface area contributed by atoms with Crippen molar-refractivity contribution >= 4 is 29.1 Å². The number of nitrogens with zero attached hydrogens (tertiary/aromatic N) is 2. The van der Waals surface area contributed by atoms with E-state index in [1.54, 1.807) is 17.0 Å². The molecule has 2 aliphatic heterocycles. The number of rotatable bonds is 5. The lowest BCUT2D eigenvalue weighted by Gasteiger charge is -2.32. The number of hydrogen-bond acceptors (Lipinski definition) is 8. The number of hydrogen-bond donors (Lipinski definition) is 5. The van der Waals surface area contributed by atoms with Crippen molar-refractivity contribution in [2.75, 3.05) is 13.3 Å². The molecule has 1 aromatic carbocycles. The van der Waals surface area contributed by atoms with E-state index in [1.807, 2.05) is 0 Å². The predicted octanol–water partition coefficient (Wildman–Crippen LogP) is -0.709. The molecule has 7 N–H and O–H groups in total. The normalized spacial score (nSPS) is 29.1. The summed E-state index contributed by atoms with van der Waals surface area (Å²) in [5.74, 6) is -0.465. The Bertz CT molecular complexity index is 764. The van der Waals surface area contributed by atoms with E-state index in [0.29, 0.717) is 10.6 Å². The number of benzene rings is 1. The number of aliphatic hydroxyl groups excluding tert-OH is 3. The van der Waals surface area contributed by atoms with Gasteiger partial charge in [0.1, 0.15) is 30.2 Å². The van der Waals surface area contributed by atoms with Crippen LogP contribution in [0, 0.1) is 0 Å². The molecule has 0 aromatic heterocycles. The lowest BCUT2D eigenvalue weighted by atomic mass is 10.1. The van der Waals surface area contributed by atoms with Crippen LogP contribution >= 0.6 is 23.2 Å². The number of carbonyl (C=O) groups is 1. The molecular weight excluding hydrogens is 399 g/mol. The van der Waals surface area contributed by atoms with Crippen molar-refractivity contribution in [2.45, 2.75) is 30.6 Å². The number of carbonyl (C=O) groups excluding carboxylic acids is 1. The first-order valence-corrected chi connectivity index (χ1v) is 8.86. The van der Waals surface area contributed by atoms with Gasteiger partial charge in [-0.1, -0.05) is 29.3 Å². The number of halogens is 2. The summed E-state index contributed by atoms with van der Waals surface area (Å²) in [6, 6.07) is 3.75. The second-order valence-electron chi connectivity index (χ2n) is 6.38. The van der Waals surface area contributed by atoms with Gasteiger partial charge in [0.25, 0.3) is 0 Å². The Balaban J connectivity index is 1.85. The highest BCUT2D eigenvalue weighted by Crippen LogP contribution is 2.34. The minimum Gasteiger partial charge on any atom is -0.394 e. The first kappa shape index (κ1) is 20.0. The van der Waals surface area contributed by atoms with Gasteiger partial charge in [0.2, 0.25) is 5.91 Å². The molecule has 2 aliphatic rings. The largest absolute Gasteiger partial charge is 0.394 e. The summed E-state index contributed by atoms with van der Waals surface area (Å²) in [5, 5.41) is 30.1. The Morgan fingerprint density at radius 3 is 2.59 bits per heavy atom. The number of amides is 1. The number of aliphatic hydroxyl groups is 3. The molecule has 27 heavy (non-hydrogen) atoms. The summed E-state index contributed by atoms with van der Waals surface area (Å²) in [5.41, 5.74) is 12.0. The van der Waals surface area contributed by atoms with Gasteiger partial charge in [0, 0.05) is 21.8 Å². The molecule has 5 atom stereocenters. The molecule has 3 rings (SSSR count). The summed E-state index contributed by atoms with van der Waals surface area (Å²) in [4.78, 5) is 15.1. The number of ether oxygens (including phenoxy) is 1. The highest BCUT2D eigenvalue weighted by atomic mass is 35.5. The summed E-state index contributed by atoms with van der Waals surface area (Å²) >= 11 is 12.1. The molecule has 148 valence electrons. The minimum atomic E-state index is -1.29. The van der Waals surface area contributed by atoms with E-state index in [9.17, 15) is 20.1 Å². The van der Waals surface area contributed by atoms with Crippen LogP contribution < -0.4 is 11.5 Å². The van der Waals surface area contributed by atoms with E-state index < -0.39 is 43.1 Å². The molecule has 1 aromatic rings. The predicted molar refractivity (Wildman–Crippen MR) is 97.0 cm³/mol. The Morgan fingerprint density at radius 2 is 2.04 bits per heavy atom. The molecule has 1 fully saturated rings. The van der Waals surface area contributed by atoms with Crippen LogP contribution in [0.2, 0.25) is 10.0 Å². The van der Waals surface area contributed by atoms with Crippen molar-refractivity contribution in [1.82, 2.24) is 9.80 Å². The summed E-state index contributed by atoms with van der Waals surface area (Å²) in [6.07, 6.45) is -3.01. The van der Waals surface area contributed by atoms with Crippen LogP contribution in [0.25, 0.3) is 0 Å². The minimum absolute atomic E-state index is 0.0466. The average molecular weight is 419 g/mol. The molecule has 1 unspecified atom stereocenters. The zero-order valence-electron chi connectivity index (χ0n) is 14.1. The van der Waals surface area contributed by atoms with Crippen LogP contribution in [0.4, 0.5) is 0 Å². The fraction of sp³-hybridized carbons (Fsp3) is 0.438. The maximum atomic E-state index is 12.1. The summed E-state index contributed by atoms with van der Waals surface area (Å²) in [6.45, 7) is -0.412. The highest BCUT2D eigenvalue weighted by molar-refractivity contribution is 6.35. The van der Waals surface area contributed by atoms with Crippen LogP contribution in [-0.2, 0) is 9.53 Å². The van der Waals surface area contributed by atoms with Gasteiger partial charge >= 0.3 is 0 Å². The first-order chi connectivity index (χ1) is 12.7. The molecule has 0 saturated carbocycles. The smallest absolute Gasteiger partial charge is 0.244 e. The van der Waals surface area contributed by atoms with E-state index >= 15 is 0 Å². The Morgan fingerprint density at radius 1 is 1.33 bits per heavy atom. The van der Waals surface area contributed by atoms with Crippen molar-refractivity contribution < 1.29 is 24.9 Å². The average Bonchev–Trinajstić information content (AvgIpc) is 3.10. The molecule has 1 amide bonds. The quantitative estimate of drug-likeness (QED) is 0.421. The molecule has 2 heterocycles. The maximum Gasteiger partial charge on any atom is 0.244 e. The molecule has 9 nitrogen and oxygen atoms in total. The van der Waals surface area contributed by atoms with Crippen molar-refractivity contribution in [1.29, 1.82) is 0 Å². The van der Waals surface area contributed by atoms with Crippen molar-refractivity contribution in [3.63, 3.8) is 0 Å². The fourth-order valence-corrected chi connectivity index (χ4v) is 3.79. The van der Waals surface area contributed by atoms with Crippen molar-refractivity contribution in [3.05, 3.63) is 45.8 Å². The molecule has 0 spiro atoms. The molecular formula is C16H20Cl2N4O5. The third-order valence-electron chi connectivity index (χ3n) is 4.63. The van der Waals surface area contributed by atoms with Crippen LogP contribution in [0.5, 0.6) is 0 Å². The zero-order valence-corrected chi connectivity index (χ0v) is 15.6. The molecule has 11 heteroatoms. The molecule has 1 saturated heterocycles. The van der Waals surface area contributed by atoms with E-state index in [2.05, 4.69) is 0 Å². The number of primary amides is 1. The lowest BCUT2D eigenvalue weighted by molar-refractivity contribution is -0.124. The van der Waals surface area contributed by atoms with Gasteiger partial charge in [-0.25, -0.2) is 0 Å². The Kier molecular flexibility index (Phi) is 5.71. The van der Waals surface area contributed by atoms with Crippen molar-refractivity contribution in [2.24, 2.45) is 11.5 Å². The molecule has 0 radical (unpaired) electrons. The Labute approximate surface area is 165 Å². The third-order valence-corrected chi connectivity index (χ3v) is 5.19. The SMILES string of the molecule is NC(=O)C(c1ccc(Cl)cc1Cl)N1C=C(N)N([C@@H]2O[C@H](CO)[C@@H](O)[C@H]2O)C1. The van der Waals surface area contributed by atoms with Gasteiger partial charge in [-0.05, 0) is 12.1 Å². The standard InChI is InChI=1S/C16H20Cl2N4O5/c17-7-1-2-8(9(18)3-7)12(15(20)26)21-4-11(19)22(6-21)16-14(25)13(24)10(5-23)27-16/h1-4,10,12-14,16,23-25H,5-6,19H2,(H2,20,26)/t10-,12?,13-,14-,16-/m1/s1. The van der Waals surface area contributed by atoms with Gasteiger partial charge < -0.3 is 41.3 Å². The van der Waals surface area contributed by atoms with E-state index in [4.69, 9.17) is 39.4 Å². The second-order valence-corrected chi connectivity index (χ2v) is 7.22. The van der Waals surface area contributed by atoms with E-state index in [0.717, 1.165) is 0 Å². The second kappa shape index (κ2) is 7.70. The first-order valence-electron chi connectivity index (χ1n) is 8.11. The van der Waals surface area contributed by atoms with Crippen LogP contribution in [0.1, 0.15) is 11.6 Å². The van der Waals surface area contributed by atoms with Gasteiger partial charge in [0.05, 0.1) is 13.3 Å². The highest BCUT2D eigenvalue weighted by Gasteiger charge is 2.47. The summed E-state index contributed by atoms with van der Waals surface area (Å²) in [7, 11) is 0.